The summed E-state index contributed by atoms with van der Waals surface area (Å²) in [5.41, 5.74) is 2.98. The van der Waals surface area contributed by atoms with Crippen molar-refractivity contribution in [3.63, 3.8) is 0 Å². The largest absolute Gasteiger partial charge is 0.372 e. The van der Waals surface area contributed by atoms with Gasteiger partial charge in [0.15, 0.2) is 0 Å². The van der Waals surface area contributed by atoms with Crippen molar-refractivity contribution in [3.8, 4) is 0 Å². The van der Waals surface area contributed by atoms with Crippen LogP contribution >= 0.6 is 0 Å². The van der Waals surface area contributed by atoms with E-state index in [9.17, 15) is 0 Å². The van der Waals surface area contributed by atoms with Gasteiger partial charge in [-0.3, -0.25) is 0 Å². The van der Waals surface area contributed by atoms with Gasteiger partial charge >= 0.3 is 0 Å². The van der Waals surface area contributed by atoms with E-state index in [1.807, 2.05) is 0 Å². The van der Waals surface area contributed by atoms with Gasteiger partial charge in [-0.2, -0.15) is 0 Å². The van der Waals surface area contributed by atoms with E-state index in [1.54, 1.807) is 5.57 Å². The minimum atomic E-state index is 0.623. The first-order valence-corrected chi connectivity index (χ1v) is 7.42. The molecule has 1 aliphatic heterocycles. The van der Waals surface area contributed by atoms with E-state index < -0.39 is 0 Å². The average Bonchev–Trinajstić information content (AvgIpc) is 2.33. The van der Waals surface area contributed by atoms with Crippen molar-refractivity contribution in [2.24, 2.45) is 23.7 Å². The molecule has 0 aromatic carbocycles. The molecule has 0 bridgehead atoms. The quantitative estimate of drug-likeness (QED) is 0.685. The zero-order valence-electron chi connectivity index (χ0n) is 13.5. The Balaban J connectivity index is 3.14. The van der Waals surface area contributed by atoms with Crippen LogP contribution in [0.5, 0.6) is 0 Å². The maximum atomic E-state index is 2.50. The molecule has 0 aromatic heterocycles. The van der Waals surface area contributed by atoms with Gasteiger partial charge in [-0.25, -0.2) is 0 Å². The topological polar surface area (TPSA) is 3.24 Å². The van der Waals surface area contributed by atoms with E-state index in [1.165, 1.54) is 5.70 Å². The molecule has 1 heterocycles. The number of likely N-dealkylation sites (N-methyl/N-ethyl adjacent to an activating group) is 1. The molecule has 1 nitrogen and oxygen atoms in total. The SMILES string of the molecule is CC=C1/C(=C\C(C)C(C)C)C(C)C(C)C(C)N1C. The monoisotopic (exact) mass is 249 g/mol. The highest BCUT2D eigenvalue weighted by Gasteiger charge is 2.33. The molecule has 0 aliphatic carbocycles. The minimum Gasteiger partial charge on any atom is -0.372 e. The third-order valence-electron chi connectivity index (χ3n) is 5.09. The van der Waals surface area contributed by atoms with E-state index in [0.717, 1.165) is 0 Å². The van der Waals surface area contributed by atoms with Crippen molar-refractivity contribution < 1.29 is 0 Å². The predicted octanol–water partition coefficient (Wildman–Crippen LogP) is 4.71. The second-order valence-corrected chi connectivity index (χ2v) is 6.40. The number of hydrogen-bond donors (Lipinski definition) is 0. The maximum absolute atomic E-state index is 2.50. The van der Waals surface area contributed by atoms with Crippen LogP contribution < -0.4 is 0 Å². The summed E-state index contributed by atoms with van der Waals surface area (Å²) in [6, 6.07) is 0.623. The smallest absolute Gasteiger partial charge is 0.0355 e. The zero-order valence-corrected chi connectivity index (χ0v) is 13.5. The fraction of sp³-hybridized carbons (Fsp3) is 0.765. The Hall–Kier alpha value is -0.720. The fourth-order valence-corrected chi connectivity index (χ4v) is 2.79. The summed E-state index contributed by atoms with van der Waals surface area (Å²) in [5, 5.41) is 0. The predicted molar refractivity (Wildman–Crippen MR) is 81.4 cm³/mol. The molecule has 1 rings (SSSR count). The number of likely N-dealkylation sites (tertiary alicyclic amines) is 1. The lowest BCUT2D eigenvalue weighted by molar-refractivity contribution is 0.178. The number of allylic oxidation sites excluding steroid dienone is 3. The summed E-state index contributed by atoms with van der Waals surface area (Å²) in [5.74, 6) is 2.72. The Morgan fingerprint density at radius 3 is 2.11 bits per heavy atom. The summed E-state index contributed by atoms with van der Waals surface area (Å²) in [6.07, 6.45) is 4.78. The number of piperidine rings is 1. The van der Waals surface area contributed by atoms with Gasteiger partial charge in [-0.1, -0.05) is 46.8 Å². The summed E-state index contributed by atoms with van der Waals surface area (Å²) < 4.78 is 0. The van der Waals surface area contributed by atoms with Crippen LogP contribution in [-0.2, 0) is 0 Å². The van der Waals surface area contributed by atoms with Gasteiger partial charge in [-0.15, -0.1) is 0 Å². The highest BCUT2D eigenvalue weighted by molar-refractivity contribution is 5.35. The van der Waals surface area contributed by atoms with E-state index in [2.05, 4.69) is 72.6 Å². The fourth-order valence-electron chi connectivity index (χ4n) is 2.79. The van der Waals surface area contributed by atoms with Gasteiger partial charge in [0.2, 0.25) is 0 Å². The lowest BCUT2D eigenvalue weighted by atomic mass is 9.76. The van der Waals surface area contributed by atoms with Crippen molar-refractivity contribution >= 4 is 0 Å². The highest BCUT2D eigenvalue weighted by Crippen LogP contribution is 2.39. The van der Waals surface area contributed by atoms with Crippen LogP contribution in [0.15, 0.2) is 23.4 Å². The van der Waals surface area contributed by atoms with Crippen LogP contribution in [0.25, 0.3) is 0 Å². The lowest BCUT2D eigenvalue weighted by Gasteiger charge is -2.44. The normalized spacial score (nSPS) is 35.6. The standard InChI is InChI=1S/C17H31N/c1-9-17-16(10-12(4)11(2)3)14(6)13(5)15(7)18(17)8/h9-15H,1-8H3/b16-10-,17-9?. The summed E-state index contributed by atoms with van der Waals surface area (Å²) >= 11 is 0. The van der Waals surface area contributed by atoms with Crippen molar-refractivity contribution in [2.45, 2.75) is 54.5 Å². The molecule has 4 atom stereocenters. The lowest BCUT2D eigenvalue weighted by Crippen LogP contribution is -2.43. The van der Waals surface area contributed by atoms with Gasteiger partial charge in [0.25, 0.3) is 0 Å². The third kappa shape index (κ3) is 2.81. The Kier molecular flexibility index (Phi) is 5.07. The molecule has 0 amide bonds. The van der Waals surface area contributed by atoms with Gasteiger partial charge in [-0.05, 0) is 43.1 Å². The van der Waals surface area contributed by atoms with Crippen LogP contribution in [0.3, 0.4) is 0 Å². The second-order valence-electron chi connectivity index (χ2n) is 6.40. The Bertz CT molecular complexity index is 338. The van der Waals surface area contributed by atoms with Crippen LogP contribution in [0.1, 0.15) is 48.5 Å². The van der Waals surface area contributed by atoms with Crippen LogP contribution in [0.2, 0.25) is 0 Å². The van der Waals surface area contributed by atoms with Gasteiger partial charge in [0, 0.05) is 18.8 Å². The molecule has 4 unspecified atom stereocenters. The molecule has 1 heteroatoms. The Morgan fingerprint density at radius 2 is 1.67 bits per heavy atom. The third-order valence-corrected chi connectivity index (χ3v) is 5.09. The van der Waals surface area contributed by atoms with Crippen LogP contribution in [0, 0.1) is 23.7 Å². The van der Waals surface area contributed by atoms with Crippen LogP contribution in [0.4, 0.5) is 0 Å². The molecule has 1 saturated heterocycles. The summed E-state index contributed by atoms with van der Waals surface area (Å²) in [6.45, 7) is 16.2. The van der Waals surface area contributed by atoms with E-state index in [4.69, 9.17) is 0 Å². The zero-order chi connectivity index (χ0) is 14.0. The number of rotatable bonds is 2. The molecular formula is C17H31N. The van der Waals surface area contributed by atoms with E-state index in [0.29, 0.717) is 29.7 Å². The van der Waals surface area contributed by atoms with Crippen molar-refractivity contribution in [2.75, 3.05) is 7.05 Å². The molecule has 0 saturated carbocycles. The molecule has 0 spiro atoms. The maximum Gasteiger partial charge on any atom is 0.0355 e. The van der Waals surface area contributed by atoms with Crippen molar-refractivity contribution in [1.82, 2.24) is 4.90 Å². The first-order valence-electron chi connectivity index (χ1n) is 7.42. The number of nitrogens with zero attached hydrogens (tertiary/aromatic N) is 1. The first kappa shape index (κ1) is 15.3. The average molecular weight is 249 g/mol. The highest BCUT2D eigenvalue weighted by atomic mass is 15.2. The minimum absolute atomic E-state index is 0.623. The summed E-state index contributed by atoms with van der Waals surface area (Å²) in [4.78, 5) is 2.45. The molecule has 104 valence electrons. The molecular weight excluding hydrogens is 218 g/mol. The Labute approximate surface area is 114 Å². The van der Waals surface area contributed by atoms with E-state index >= 15 is 0 Å². The molecule has 0 N–H and O–H groups in total. The molecule has 1 aliphatic rings. The number of hydrogen-bond acceptors (Lipinski definition) is 1. The van der Waals surface area contributed by atoms with Gasteiger partial charge in [0.05, 0.1) is 0 Å². The van der Waals surface area contributed by atoms with Crippen LogP contribution in [-0.4, -0.2) is 18.0 Å². The molecule has 1 fully saturated rings. The van der Waals surface area contributed by atoms with Crippen molar-refractivity contribution in [1.29, 1.82) is 0 Å². The molecule has 0 aromatic rings. The summed E-state index contributed by atoms with van der Waals surface area (Å²) in [7, 11) is 2.23. The Morgan fingerprint density at radius 1 is 1.11 bits per heavy atom. The second kappa shape index (κ2) is 5.95. The van der Waals surface area contributed by atoms with Crippen molar-refractivity contribution in [3.05, 3.63) is 23.4 Å². The molecule has 0 radical (unpaired) electrons. The van der Waals surface area contributed by atoms with E-state index in [-0.39, 0.29) is 0 Å². The van der Waals surface area contributed by atoms with Gasteiger partial charge in [0.1, 0.15) is 0 Å². The molecule has 18 heavy (non-hydrogen) atoms. The van der Waals surface area contributed by atoms with Gasteiger partial charge < -0.3 is 4.90 Å². The first-order chi connectivity index (χ1) is 8.31.